The van der Waals surface area contributed by atoms with E-state index in [1.54, 1.807) is 0 Å². The number of ether oxygens (including phenoxy) is 1. The monoisotopic (exact) mass is 430 g/mol. The molecule has 2 fully saturated rings. The van der Waals surface area contributed by atoms with Gasteiger partial charge in [0.25, 0.3) is 0 Å². The first-order valence-corrected chi connectivity index (χ1v) is 12.1. The molecule has 0 aromatic heterocycles. The molecule has 164 valence electrons. The molecule has 0 bridgehead atoms. The summed E-state index contributed by atoms with van der Waals surface area (Å²) >= 11 is 0. The van der Waals surface area contributed by atoms with Gasteiger partial charge in [0.2, 0.25) is 0 Å². The first kappa shape index (κ1) is 21.5. The van der Waals surface area contributed by atoms with Gasteiger partial charge < -0.3 is 9.64 Å². The van der Waals surface area contributed by atoms with Crippen molar-refractivity contribution in [1.82, 2.24) is 4.90 Å². The summed E-state index contributed by atoms with van der Waals surface area (Å²) in [6.07, 6.45) is 3.70. The molecule has 30 heavy (non-hydrogen) atoms. The largest absolute Gasteiger partial charge is 0.444 e. The van der Waals surface area contributed by atoms with Crippen molar-refractivity contribution in [3.63, 3.8) is 0 Å². The number of amides is 1. The van der Waals surface area contributed by atoms with Crippen molar-refractivity contribution >= 4 is 22.8 Å². The van der Waals surface area contributed by atoms with Crippen LogP contribution in [0.1, 0.15) is 78.4 Å². The summed E-state index contributed by atoms with van der Waals surface area (Å²) in [4.78, 5) is 14.5. The molecule has 5 nitrogen and oxygen atoms in total. The highest BCUT2D eigenvalue weighted by Crippen LogP contribution is 2.69. The van der Waals surface area contributed by atoms with E-state index in [4.69, 9.17) is 9.13 Å². The molecule has 1 amide bonds. The molecule has 1 saturated heterocycles. The molecular weight excluding hydrogens is 396 g/mol. The first-order valence-electron chi connectivity index (χ1n) is 11.0. The Balaban J connectivity index is 1.69. The van der Waals surface area contributed by atoms with Crippen LogP contribution in [0.25, 0.3) is 0 Å². The second-order valence-corrected chi connectivity index (χ2v) is 12.9. The van der Waals surface area contributed by atoms with Gasteiger partial charge in [-0.3, -0.25) is 0 Å². The molecule has 4 rings (SSSR count). The summed E-state index contributed by atoms with van der Waals surface area (Å²) in [5.41, 5.74) is 2.98. The van der Waals surface area contributed by atoms with Crippen molar-refractivity contribution in [3.05, 3.63) is 35.4 Å². The zero-order chi connectivity index (χ0) is 21.9. The summed E-state index contributed by atoms with van der Waals surface area (Å²) in [5.74, 6) is 0. The maximum Gasteiger partial charge on any atom is 0.410 e. The lowest BCUT2D eigenvalue weighted by Gasteiger charge is -2.44. The molecule has 3 aliphatic rings. The second-order valence-electron chi connectivity index (χ2n) is 11.0. The fraction of sp³-hybridized carbons (Fsp3) is 0.667. The van der Waals surface area contributed by atoms with E-state index in [1.165, 1.54) is 11.1 Å². The van der Waals surface area contributed by atoms with Crippen molar-refractivity contribution < 1.29 is 13.7 Å². The number of piperidine rings is 1. The van der Waals surface area contributed by atoms with Gasteiger partial charge in [-0.1, -0.05) is 24.3 Å². The standard InChI is InChI=1S/C24H34N2O3S/c1-21(2,3)29-20(27)26-15-13-24(14-16-26)19(25-30(28)22(4,5)6)17-9-7-8-10-18(17)23(24)11-12-23/h7-10H,11-16H2,1-6H3/b25-19+/t30-/m1/s1. The Labute approximate surface area is 182 Å². The minimum Gasteiger partial charge on any atom is -0.444 e. The van der Waals surface area contributed by atoms with Crippen LogP contribution in [0.4, 0.5) is 4.79 Å². The SMILES string of the molecule is CC(C)(C)OC(=O)N1CCC2(CC1)/C(=N/[S@](=O)C(C)(C)C)c1ccccc1C21CC1. The van der Waals surface area contributed by atoms with Crippen LogP contribution in [0.2, 0.25) is 0 Å². The average molecular weight is 431 g/mol. The van der Waals surface area contributed by atoms with Crippen molar-refractivity contribution in [1.29, 1.82) is 0 Å². The molecular formula is C24H34N2O3S. The maximum absolute atomic E-state index is 13.1. The Morgan fingerprint density at radius 2 is 1.60 bits per heavy atom. The number of nitrogens with zero attached hydrogens (tertiary/aromatic N) is 2. The third kappa shape index (κ3) is 3.41. The molecule has 2 spiro atoms. The third-order valence-corrected chi connectivity index (χ3v) is 8.18. The Kier molecular flexibility index (Phi) is 4.96. The van der Waals surface area contributed by atoms with Gasteiger partial charge >= 0.3 is 6.09 Å². The van der Waals surface area contributed by atoms with Gasteiger partial charge in [-0.25, -0.2) is 9.00 Å². The molecule has 0 radical (unpaired) electrons. The molecule has 6 heteroatoms. The molecule has 0 N–H and O–H groups in total. The number of carbonyl (C=O) groups is 1. The zero-order valence-electron chi connectivity index (χ0n) is 19.1. The number of likely N-dealkylation sites (tertiary alicyclic amines) is 1. The molecule has 2 aliphatic carbocycles. The second kappa shape index (κ2) is 6.91. The normalized spacial score (nSPS) is 24.2. The van der Waals surface area contributed by atoms with Gasteiger partial charge in [0.1, 0.15) is 16.6 Å². The third-order valence-electron chi connectivity index (χ3n) is 6.78. The van der Waals surface area contributed by atoms with Gasteiger partial charge in [0, 0.05) is 29.5 Å². The Morgan fingerprint density at radius 1 is 1.00 bits per heavy atom. The molecule has 0 unspecified atom stereocenters. The summed E-state index contributed by atoms with van der Waals surface area (Å²) in [7, 11) is -1.32. The van der Waals surface area contributed by atoms with E-state index in [9.17, 15) is 9.00 Å². The fourth-order valence-electron chi connectivity index (χ4n) is 5.19. The van der Waals surface area contributed by atoms with E-state index in [1.807, 2.05) is 46.4 Å². The number of fused-ring (bicyclic) bond motifs is 3. The lowest BCUT2D eigenvalue weighted by molar-refractivity contribution is 0.0134. The van der Waals surface area contributed by atoms with Gasteiger partial charge in [0.15, 0.2) is 0 Å². The van der Waals surface area contributed by atoms with Gasteiger partial charge in [0.05, 0.1) is 10.5 Å². The van der Waals surface area contributed by atoms with Crippen LogP contribution in [-0.4, -0.2) is 44.4 Å². The van der Waals surface area contributed by atoms with Gasteiger partial charge in [-0.05, 0) is 72.8 Å². The van der Waals surface area contributed by atoms with Crippen LogP contribution < -0.4 is 0 Å². The molecule has 1 saturated carbocycles. The average Bonchev–Trinajstić information content (AvgIpc) is 3.43. The molecule has 1 atom stereocenters. The summed E-state index contributed by atoms with van der Waals surface area (Å²) in [6.45, 7) is 12.9. The van der Waals surface area contributed by atoms with E-state index in [-0.39, 0.29) is 16.9 Å². The van der Waals surface area contributed by atoms with Crippen LogP contribution in [0.3, 0.4) is 0 Å². The Bertz CT molecular complexity index is 911. The number of benzene rings is 1. The highest BCUT2D eigenvalue weighted by Gasteiger charge is 2.67. The van der Waals surface area contributed by atoms with Gasteiger partial charge in [-0.2, -0.15) is 4.40 Å². The Hall–Kier alpha value is -1.69. The maximum atomic E-state index is 13.1. The highest BCUT2D eigenvalue weighted by atomic mass is 32.2. The van der Waals surface area contributed by atoms with Crippen LogP contribution in [0.15, 0.2) is 28.7 Å². The fourth-order valence-corrected chi connectivity index (χ4v) is 5.90. The minimum atomic E-state index is -1.32. The number of hydrogen-bond acceptors (Lipinski definition) is 3. The first-order chi connectivity index (χ1) is 13.9. The quantitative estimate of drug-likeness (QED) is 0.630. The zero-order valence-corrected chi connectivity index (χ0v) is 19.9. The van der Waals surface area contributed by atoms with E-state index in [0.29, 0.717) is 13.1 Å². The van der Waals surface area contributed by atoms with Crippen LogP contribution in [0.5, 0.6) is 0 Å². The van der Waals surface area contributed by atoms with Crippen LogP contribution in [-0.2, 0) is 21.1 Å². The summed E-state index contributed by atoms with van der Waals surface area (Å²) < 4.78 is 23.1. The predicted molar refractivity (Wildman–Crippen MR) is 121 cm³/mol. The van der Waals surface area contributed by atoms with Crippen molar-refractivity contribution in [2.24, 2.45) is 9.81 Å². The Morgan fingerprint density at radius 3 is 2.13 bits per heavy atom. The van der Waals surface area contributed by atoms with E-state index < -0.39 is 21.3 Å². The predicted octanol–water partition coefficient (Wildman–Crippen LogP) is 5.00. The highest BCUT2D eigenvalue weighted by molar-refractivity contribution is 7.85. The van der Waals surface area contributed by atoms with E-state index in [0.717, 1.165) is 31.4 Å². The molecule has 1 aliphatic heterocycles. The smallest absolute Gasteiger partial charge is 0.410 e. The number of rotatable bonds is 1. The van der Waals surface area contributed by atoms with E-state index in [2.05, 4.69) is 24.3 Å². The van der Waals surface area contributed by atoms with Gasteiger partial charge in [-0.15, -0.1) is 0 Å². The number of carbonyl (C=O) groups excluding carboxylic acids is 1. The van der Waals surface area contributed by atoms with Crippen LogP contribution in [0, 0.1) is 5.41 Å². The summed E-state index contributed by atoms with van der Waals surface area (Å²) in [6, 6.07) is 8.53. The summed E-state index contributed by atoms with van der Waals surface area (Å²) in [5, 5.41) is 0. The van der Waals surface area contributed by atoms with E-state index >= 15 is 0 Å². The van der Waals surface area contributed by atoms with Crippen molar-refractivity contribution in [3.8, 4) is 0 Å². The topological polar surface area (TPSA) is 59.0 Å². The molecule has 1 heterocycles. The number of hydrogen-bond donors (Lipinski definition) is 0. The minimum absolute atomic E-state index is 0.0878. The van der Waals surface area contributed by atoms with Crippen molar-refractivity contribution in [2.45, 2.75) is 83.0 Å². The van der Waals surface area contributed by atoms with Crippen molar-refractivity contribution in [2.75, 3.05) is 13.1 Å². The van der Waals surface area contributed by atoms with Crippen LogP contribution >= 0.6 is 0 Å². The lowest BCUT2D eigenvalue weighted by Crippen LogP contribution is -2.50. The molecule has 1 aromatic rings. The molecule has 1 aromatic carbocycles. The lowest BCUT2D eigenvalue weighted by atomic mass is 9.66.